The summed E-state index contributed by atoms with van der Waals surface area (Å²) in [6, 6.07) is 10.7. The summed E-state index contributed by atoms with van der Waals surface area (Å²) in [7, 11) is 3.91. The molecule has 0 bridgehead atoms. The molecule has 17 heavy (non-hydrogen) atoms. The minimum atomic E-state index is 0.915. The van der Waals surface area contributed by atoms with Gasteiger partial charge in [0.25, 0.3) is 0 Å². The number of rotatable bonds is 5. The molecule has 0 aliphatic heterocycles. The summed E-state index contributed by atoms with van der Waals surface area (Å²) in [6.45, 7) is 0.915. The van der Waals surface area contributed by atoms with Crippen molar-refractivity contribution in [3.63, 3.8) is 0 Å². The molecule has 0 fully saturated rings. The predicted molar refractivity (Wildman–Crippen MR) is 72.0 cm³/mol. The van der Waals surface area contributed by atoms with Crippen LogP contribution in [0.5, 0.6) is 0 Å². The molecule has 1 aromatic heterocycles. The molecule has 0 saturated carbocycles. The minimum Gasteiger partial charge on any atom is -0.316 e. The summed E-state index contributed by atoms with van der Waals surface area (Å²) in [6.07, 6.45) is 1.98. The molecule has 1 aromatic carbocycles. The highest BCUT2D eigenvalue weighted by molar-refractivity contribution is 7.98. The normalized spacial score (nSPS) is 10.7. The summed E-state index contributed by atoms with van der Waals surface area (Å²) in [4.78, 5) is 1.29. The third-order valence-corrected chi connectivity index (χ3v) is 3.46. The molecule has 2 aromatic rings. The van der Waals surface area contributed by atoms with Crippen molar-refractivity contribution in [2.24, 2.45) is 7.05 Å². The first-order chi connectivity index (χ1) is 8.28. The van der Waals surface area contributed by atoms with Crippen LogP contribution < -0.4 is 5.32 Å². The van der Waals surface area contributed by atoms with Crippen LogP contribution in [0.1, 0.15) is 11.3 Å². The van der Waals surface area contributed by atoms with E-state index in [4.69, 9.17) is 0 Å². The van der Waals surface area contributed by atoms with Crippen LogP contribution in [-0.2, 0) is 19.3 Å². The van der Waals surface area contributed by atoms with Crippen LogP contribution in [0.4, 0.5) is 0 Å². The van der Waals surface area contributed by atoms with Gasteiger partial charge in [-0.2, -0.15) is 5.10 Å². The van der Waals surface area contributed by atoms with E-state index in [2.05, 4.69) is 40.7 Å². The van der Waals surface area contributed by atoms with E-state index in [9.17, 15) is 0 Å². The molecule has 90 valence electrons. The lowest BCUT2D eigenvalue weighted by atomic mass is 10.2. The van der Waals surface area contributed by atoms with Gasteiger partial charge < -0.3 is 5.32 Å². The van der Waals surface area contributed by atoms with E-state index in [1.165, 1.54) is 10.5 Å². The molecule has 2 rings (SSSR count). The maximum absolute atomic E-state index is 4.37. The van der Waals surface area contributed by atoms with Gasteiger partial charge in [-0.15, -0.1) is 11.8 Å². The fourth-order valence-electron chi connectivity index (χ4n) is 1.65. The zero-order valence-electron chi connectivity index (χ0n) is 10.2. The molecule has 0 amide bonds. The highest BCUT2D eigenvalue weighted by Gasteiger charge is 2.00. The highest BCUT2D eigenvalue weighted by atomic mass is 32.2. The van der Waals surface area contributed by atoms with Gasteiger partial charge in [0, 0.05) is 30.4 Å². The molecule has 0 aliphatic rings. The maximum Gasteiger partial charge on any atom is 0.0727 e. The number of aryl methyl sites for hydroxylation is 1. The Labute approximate surface area is 106 Å². The molecule has 0 aliphatic carbocycles. The zero-order valence-corrected chi connectivity index (χ0v) is 11.0. The van der Waals surface area contributed by atoms with Crippen molar-refractivity contribution in [2.75, 3.05) is 7.05 Å². The number of hydrogen-bond donors (Lipinski definition) is 1. The highest BCUT2D eigenvalue weighted by Crippen LogP contribution is 2.22. The Hall–Kier alpha value is -1.26. The molecule has 1 heterocycles. The van der Waals surface area contributed by atoms with Crippen molar-refractivity contribution in [1.29, 1.82) is 0 Å². The van der Waals surface area contributed by atoms with E-state index in [0.29, 0.717) is 0 Å². The molecule has 0 saturated heterocycles. The van der Waals surface area contributed by atoms with Crippen LogP contribution in [0.15, 0.2) is 41.4 Å². The van der Waals surface area contributed by atoms with Crippen molar-refractivity contribution in [3.05, 3.63) is 47.8 Å². The predicted octanol–water partition coefficient (Wildman–Crippen LogP) is 2.43. The Morgan fingerprint density at radius 2 is 2.24 bits per heavy atom. The van der Waals surface area contributed by atoms with Crippen LogP contribution in [0.3, 0.4) is 0 Å². The Morgan fingerprint density at radius 1 is 1.35 bits per heavy atom. The lowest BCUT2D eigenvalue weighted by molar-refractivity contribution is 0.755. The van der Waals surface area contributed by atoms with Crippen LogP contribution in [0.2, 0.25) is 0 Å². The Bertz CT molecular complexity index is 479. The van der Waals surface area contributed by atoms with Gasteiger partial charge in [-0.1, -0.05) is 12.1 Å². The molecule has 1 N–H and O–H groups in total. The van der Waals surface area contributed by atoms with Gasteiger partial charge in [-0.3, -0.25) is 4.68 Å². The maximum atomic E-state index is 4.37. The summed E-state index contributed by atoms with van der Waals surface area (Å²) in [5.41, 5.74) is 2.44. The molecule has 0 radical (unpaired) electrons. The lowest BCUT2D eigenvalue weighted by Gasteiger charge is -2.03. The fraction of sp³-hybridized carbons (Fsp3) is 0.308. The summed E-state index contributed by atoms with van der Waals surface area (Å²) in [5, 5.41) is 7.53. The van der Waals surface area contributed by atoms with Crippen molar-refractivity contribution in [2.45, 2.75) is 17.2 Å². The van der Waals surface area contributed by atoms with Crippen molar-refractivity contribution in [1.82, 2.24) is 15.1 Å². The van der Waals surface area contributed by atoms with E-state index in [1.54, 1.807) is 0 Å². The monoisotopic (exact) mass is 247 g/mol. The first-order valence-corrected chi connectivity index (χ1v) is 6.61. The third-order valence-electron chi connectivity index (χ3n) is 2.43. The Balaban J connectivity index is 1.96. The number of nitrogens with zero attached hydrogens (tertiary/aromatic N) is 2. The van der Waals surface area contributed by atoms with Crippen molar-refractivity contribution in [3.8, 4) is 0 Å². The number of hydrogen-bond acceptors (Lipinski definition) is 3. The van der Waals surface area contributed by atoms with Gasteiger partial charge in [-0.25, -0.2) is 0 Å². The quantitative estimate of drug-likeness (QED) is 0.823. The Kier molecular flexibility index (Phi) is 4.23. The van der Waals surface area contributed by atoms with Crippen LogP contribution in [0.25, 0.3) is 0 Å². The number of thioether (sulfide) groups is 1. The molecular formula is C13H17N3S. The number of aromatic nitrogens is 2. The van der Waals surface area contributed by atoms with Crippen molar-refractivity contribution >= 4 is 11.8 Å². The number of nitrogens with one attached hydrogen (secondary N) is 1. The largest absolute Gasteiger partial charge is 0.316 e. The van der Waals surface area contributed by atoms with Crippen LogP contribution >= 0.6 is 11.8 Å². The lowest BCUT2D eigenvalue weighted by Crippen LogP contribution is -2.04. The second-order valence-corrected chi connectivity index (χ2v) is 5.00. The third kappa shape index (κ3) is 3.61. The van der Waals surface area contributed by atoms with Gasteiger partial charge in [0.2, 0.25) is 0 Å². The average molecular weight is 247 g/mol. The average Bonchev–Trinajstić information content (AvgIpc) is 2.74. The first kappa shape index (κ1) is 12.2. The summed E-state index contributed by atoms with van der Waals surface area (Å²) in [5.74, 6) is 0.920. The molecule has 0 atom stereocenters. The SMILES string of the molecule is CNCc1cccc(SCc2ccn(C)n2)c1. The van der Waals surface area contributed by atoms with E-state index >= 15 is 0 Å². The van der Waals surface area contributed by atoms with Gasteiger partial charge >= 0.3 is 0 Å². The van der Waals surface area contributed by atoms with E-state index in [0.717, 1.165) is 18.0 Å². The van der Waals surface area contributed by atoms with Gasteiger partial charge in [0.05, 0.1) is 5.69 Å². The molecule has 4 heteroatoms. The minimum absolute atomic E-state index is 0.915. The van der Waals surface area contributed by atoms with Crippen LogP contribution in [-0.4, -0.2) is 16.8 Å². The molecule has 3 nitrogen and oxygen atoms in total. The van der Waals surface area contributed by atoms with E-state index < -0.39 is 0 Å². The number of benzene rings is 1. The van der Waals surface area contributed by atoms with E-state index in [1.807, 2.05) is 36.7 Å². The molecular weight excluding hydrogens is 230 g/mol. The van der Waals surface area contributed by atoms with Crippen molar-refractivity contribution < 1.29 is 0 Å². The second-order valence-electron chi connectivity index (χ2n) is 3.95. The Morgan fingerprint density at radius 3 is 2.94 bits per heavy atom. The smallest absolute Gasteiger partial charge is 0.0727 e. The molecule has 0 unspecified atom stereocenters. The first-order valence-electron chi connectivity index (χ1n) is 5.63. The van der Waals surface area contributed by atoms with Crippen LogP contribution in [0, 0.1) is 0 Å². The van der Waals surface area contributed by atoms with Gasteiger partial charge in [0.1, 0.15) is 0 Å². The van der Waals surface area contributed by atoms with Gasteiger partial charge in [0.15, 0.2) is 0 Å². The standard InChI is InChI=1S/C13H17N3S/c1-14-9-11-4-3-5-13(8-11)17-10-12-6-7-16(2)15-12/h3-8,14H,9-10H2,1-2H3. The molecule has 0 spiro atoms. The second kappa shape index (κ2) is 5.89. The summed E-state index contributed by atoms with van der Waals surface area (Å²) < 4.78 is 1.84. The topological polar surface area (TPSA) is 29.9 Å². The zero-order chi connectivity index (χ0) is 12.1. The van der Waals surface area contributed by atoms with Gasteiger partial charge in [-0.05, 0) is 30.8 Å². The summed E-state index contributed by atoms with van der Waals surface area (Å²) >= 11 is 1.82. The van der Waals surface area contributed by atoms with E-state index in [-0.39, 0.29) is 0 Å². The fourth-order valence-corrected chi connectivity index (χ4v) is 2.52.